The topological polar surface area (TPSA) is 90.0 Å². The highest BCUT2D eigenvalue weighted by Crippen LogP contribution is 2.23. The summed E-state index contributed by atoms with van der Waals surface area (Å²) in [6.07, 6.45) is 7.12. The summed E-state index contributed by atoms with van der Waals surface area (Å²) < 4.78 is 25.1. The van der Waals surface area contributed by atoms with Gasteiger partial charge >= 0.3 is 0 Å². The van der Waals surface area contributed by atoms with Crippen molar-refractivity contribution in [2.45, 2.75) is 45.2 Å². The van der Waals surface area contributed by atoms with Crippen LogP contribution in [0.1, 0.15) is 32.0 Å². The summed E-state index contributed by atoms with van der Waals surface area (Å²) in [7, 11) is -2.82. The number of nitrogens with two attached hydrogens (primary N) is 1. The molecule has 114 valence electrons. The van der Waals surface area contributed by atoms with Gasteiger partial charge in [0.05, 0.1) is 11.5 Å². The molecule has 0 saturated carbocycles. The van der Waals surface area contributed by atoms with Crippen molar-refractivity contribution in [3.05, 3.63) is 18.2 Å². The highest BCUT2D eigenvalue weighted by Gasteiger charge is 2.29. The van der Waals surface area contributed by atoms with Gasteiger partial charge in [0.15, 0.2) is 9.84 Å². The SMILES string of the molecule is CCCn1ccnc1CC(CC1CCS(=O)(=O)C1)NN. The summed E-state index contributed by atoms with van der Waals surface area (Å²) in [4.78, 5) is 4.37. The molecule has 7 heteroatoms. The smallest absolute Gasteiger partial charge is 0.150 e. The van der Waals surface area contributed by atoms with Gasteiger partial charge in [-0.15, -0.1) is 0 Å². The Kier molecular flexibility index (Phi) is 5.17. The van der Waals surface area contributed by atoms with Gasteiger partial charge in [0.25, 0.3) is 0 Å². The van der Waals surface area contributed by atoms with Crippen LogP contribution in [0.15, 0.2) is 12.4 Å². The molecule has 0 aliphatic carbocycles. The molecule has 6 nitrogen and oxygen atoms in total. The van der Waals surface area contributed by atoms with E-state index in [1.165, 1.54) is 0 Å². The van der Waals surface area contributed by atoms with Crippen LogP contribution in [0, 0.1) is 5.92 Å². The van der Waals surface area contributed by atoms with E-state index in [4.69, 9.17) is 5.84 Å². The molecule has 2 unspecified atom stereocenters. The molecule has 0 spiro atoms. The first-order chi connectivity index (χ1) is 9.54. The molecule has 0 amide bonds. The number of sulfone groups is 1. The molecule has 1 saturated heterocycles. The van der Waals surface area contributed by atoms with E-state index in [0.717, 1.165) is 38.1 Å². The Morgan fingerprint density at radius 3 is 3.00 bits per heavy atom. The number of aromatic nitrogens is 2. The Labute approximate surface area is 120 Å². The van der Waals surface area contributed by atoms with Crippen molar-refractivity contribution in [1.82, 2.24) is 15.0 Å². The predicted octanol–water partition coefficient (Wildman–Crippen LogP) is 0.492. The maximum atomic E-state index is 11.5. The normalized spacial score (nSPS) is 23.0. The van der Waals surface area contributed by atoms with Crippen molar-refractivity contribution in [2.75, 3.05) is 11.5 Å². The van der Waals surface area contributed by atoms with Gasteiger partial charge in [-0.3, -0.25) is 11.3 Å². The van der Waals surface area contributed by atoms with Crippen molar-refractivity contribution in [2.24, 2.45) is 11.8 Å². The summed E-state index contributed by atoms with van der Waals surface area (Å²) in [6.45, 7) is 3.08. The van der Waals surface area contributed by atoms with Crippen LogP contribution in [0.2, 0.25) is 0 Å². The number of imidazole rings is 1. The average molecular weight is 300 g/mol. The van der Waals surface area contributed by atoms with E-state index in [0.29, 0.717) is 11.5 Å². The molecule has 0 bridgehead atoms. The zero-order chi connectivity index (χ0) is 14.6. The molecule has 2 heterocycles. The third-order valence-corrected chi connectivity index (χ3v) is 5.71. The summed E-state index contributed by atoms with van der Waals surface area (Å²) >= 11 is 0. The highest BCUT2D eigenvalue weighted by atomic mass is 32.2. The largest absolute Gasteiger partial charge is 0.335 e. The molecule has 1 aliphatic rings. The molecule has 3 N–H and O–H groups in total. The van der Waals surface area contributed by atoms with Crippen molar-refractivity contribution in [1.29, 1.82) is 0 Å². The van der Waals surface area contributed by atoms with Crippen LogP contribution >= 0.6 is 0 Å². The summed E-state index contributed by atoms with van der Waals surface area (Å²) in [6, 6.07) is 0.0753. The van der Waals surface area contributed by atoms with Crippen molar-refractivity contribution >= 4 is 9.84 Å². The first kappa shape index (κ1) is 15.5. The second-order valence-corrected chi connectivity index (χ2v) is 7.84. The molecule has 1 aromatic heterocycles. The predicted molar refractivity (Wildman–Crippen MR) is 78.7 cm³/mol. The zero-order valence-corrected chi connectivity index (χ0v) is 12.8. The van der Waals surface area contributed by atoms with Crippen LogP contribution in [0.4, 0.5) is 0 Å². The molecule has 20 heavy (non-hydrogen) atoms. The minimum absolute atomic E-state index is 0.0753. The van der Waals surface area contributed by atoms with E-state index in [1.807, 2.05) is 6.20 Å². The van der Waals surface area contributed by atoms with Crippen LogP contribution in [0.3, 0.4) is 0 Å². The summed E-state index contributed by atoms with van der Waals surface area (Å²) in [5.41, 5.74) is 2.82. The molecular formula is C13H24N4O2S. The van der Waals surface area contributed by atoms with Gasteiger partial charge in [-0.2, -0.15) is 0 Å². The van der Waals surface area contributed by atoms with E-state index >= 15 is 0 Å². The number of hydrogen-bond acceptors (Lipinski definition) is 5. The van der Waals surface area contributed by atoms with Gasteiger partial charge < -0.3 is 4.57 Å². The molecule has 2 atom stereocenters. The lowest BCUT2D eigenvalue weighted by Crippen LogP contribution is -2.39. The van der Waals surface area contributed by atoms with Crippen molar-refractivity contribution in [3.63, 3.8) is 0 Å². The number of nitrogens with one attached hydrogen (secondary N) is 1. The lowest BCUT2D eigenvalue weighted by molar-refractivity contribution is 0.398. The van der Waals surface area contributed by atoms with Crippen LogP contribution in [-0.2, 0) is 22.8 Å². The zero-order valence-electron chi connectivity index (χ0n) is 12.0. The van der Waals surface area contributed by atoms with E-state index in [-0.39, 0.29) is 12.0 Å². The summed E-state index contributed by atoms with van der Waals surface area (Å²) in [5.74, 6) is 7.47. The number of rotatable bonds is 7. The van der Waals surface area contributed by atoms with Gasteiger partial charge in [0.2, 0.25) is 0 Å². The molecule has 1 aromatic rings. The lowest BCUT2D eigenvalue weighted by atomic mass is 9.97. The number of hydrogen-bond donors (Lipinski definition) is 2. The highest BCUT2D eigenvalue weighted by molar-refractivity contribution is 7.91. The average Bonchev–Trinajstić information content (AvgIpc) is 2.96. The number of nitrogens with zero attached hydrogens (tertiary/aromatic N) is 2. The van der Waals surface area contributed by atoms with Gasteiger partial charge in [-0.05, 0) is 25.2 Å². The van der Waals surface area contributed by atoms with Crippen LogP contribution in [0.5, 0.6) is 0 Å². The Morgan fingerprint density at radius 1 is 1.60 bits per heavy atom. The monoisotopic (exact) mass is 300 g/mol. The first-order valence-electron chi connectivity index (χ1n) is 7.20. The van der Waals surface area contributed by atoms with E-state index in [9.17, 15) is 8.42 Å². The maximum Gasteiger partial charge on any atom is 0.150 e. The van der Waals surface area contributed by atoms with Crippen molar-refractivity contribution < 1.29 is 8.42 Å². The molecule has 1 fully saturated rings. The maximum absolute atomic E-state index is 11.5. The minimum atomic E-state index is -2.82. The molecule has 0 radical (unpaired) electrons. The van der Waals surface area contributed by atoms with Crippen LogP contribution in [-0.4, -0.2) is 35.5 Å². The standard InChI is InChI=1S/C13H24N4O2S/c1-2-5-17-6-4-15-13(17)9-12(16-14)8-11-3-7-20(18,19)10-11/h4,6,11-12,16H,2-3,5,7-10,14H2,1H3. The van der Waals surface area contributed by atoms with Gasteiger partial charge in [0, 0.05) is 31.4 Å². The van der Waals surface area contributed by atoms with Gasteiger partial charge in [-0.25, -0.2) is 13.4 Å². The van der Waals surface area contributed by atoms with Gasteiger partial charge in [-0.1, -0.05) is 6.92 Å². The fourth-order valence-corrected chi connectivity index (χ4v) is 4.75. The molecule has 2 rings (SSSR count). The van der Waals surface area contributed by atoms with Crippen molar-refractivity contribution in [3.8, 4) is 0 Å². The molecular weight excluding hydrogens is 276 g/mol. The van der Waals surface area contributed by atoms with Gasteiger partial charge in [0.1, 0.15) is 5.82 Å². The molecule has 0 aromatic carbocycles. The number of aryl methyl sites for hydroxylation is 1. The summed E-state index contributed by atoms with van der Waals surface area (Å²) in [5, 5.41) is 0. The second kappa shape index (κ2) is 6.69. The van der Waals surface area contributed by atoms with Crippen LogP contribution in [0.25, 0.3) is 0 Å². The van der Waals surface area contributed by atoms with E-state index < -0.39 is 9.84 Å². The van der Waals surface area contributed by atoms with E-state index in [1.54, 1.807) is 6.20 Å². The van der Waals surface area contributed by atoms with Crippen LogP contribution < -0.4 is 11.3 Å². The fraction of sp³-hybridized carbons (Fsp3) is 0.769. The third kappa shape index (κ3) is 4.04. The number of hydrazine groups is 1. The third-order valence-electron chi connectivity index (χ3n) is 3.88. The lowest BCUT2D eigenvalue weighted by Gasteiger charge is -2.19. The molecule has 1 aliphatic heterocycles. The Morgan fingerprint density at radius 2 is 2.40 bits per heavy atom. The second-order valence-electron chi connectivity index (χ2n) is 5.61. The van der Waals surface area contributed by atoms with E-state index in [2.05, 4.69) is 21.9 Å². The Balaban J connectivity index is 1.94. The first-order valence-corrected chi connectivity index (χ1v) is 9.02. The quantitative estimate of drug-likeness (QED) is 0.565. The Bertz CT molecular complexity index is 526. The minimum Gasteiger partial charge on any atom is -0.335 e. The fourth-order valence-electron chi connectivity index (χ4n) is 2.87. The Hall–Kier alpha value is -0.920.